The first-order chi connectivity index (χ1) is 16.8. The number of ether oxygens (including phenoxy) is 2. The molecule has 35 heavy (non-hydrogen) atoms. The maximum atomic E-state index is 11.4. The Morgan fingerprint density at radius 3 is 2.94 bits per heavy atom. The molecule has 182 valence electrons. The molecule has 0 aliphatic carbocycles. The fraction of sp³-hybridized carbons (Fsp3) is 0.400. The minimum atomic E-state index is -0.455. The number of nitriles is 1. The number of anilines is 3. The highest BCUT2D eigenvalue weighted by Gasteiger charge is 2.37. The van der Waals surface area contributed by atoms with Gasteiger partial charge in [0.05, 0.1) is 22.6 Å². The van der Waals surface area contributed by atoms with E-state index in [0.29, 0.717) is 36.9 Å². The predicted molar refractivity (Wildman–Crippen MR) is 131 cm³/mol. The maximum absolute atomic E-state index is 11.4. The summed E-state index contributed by atoms with van der Waals surface area (Å²) in [5.41, 5.74) is 4.10. The van der Waals surface area contributed by atoms with Crippen molar-refractivity contribution >= 4 is 23.4 Å². The fourth-order valence-corrected chi connectivity index (χ4v) is 4.18. The van der Waals surface area contributed by atoms with Gasteiger partial charge in [0.1, 0.15) is 18.5 Å². The molecule has 0 saturated carbocycles. The second-order valence-corrected chi connectivity index (χ2v) is 8.88. The zero-order valence-corrected chi connectivity index (χ0v) is 20.4. The van der Waals surface area contributed by atoms with Gasteiger partial charge >= 0.3 is 5.97 Å². The molecule has 0 amide bonds. The van der Waals surface area contributed by atoms with Crippen molar-refractivity contribution in [3.8, 4) is 17.3 Å². The number of nitrogens with one attached hydrogen (secondary N) is 2. The summed E-state index contributed by atoms with van der Waals surface area (Å²) in [4.78, 5) is 20.5. The summed E-state index contributed by atoms with van der Waals surface area (Å²) in [6, 6.07) is 9.85. The summed E-state index contributed by atoms with van der Waals surface area (Å²) < 4.78 is 12.3. The van der Waals surface area contributed by atoms with E-state index in [1.807, 2.05) is 36.7 Å². The van der Waals surface area contributed by atoms with Crippen molar-refractivity contribution in [2.24, 2.45) is 0 Å². The van der Waals surface area contributed by atoms with Crippen molar-refractivity contribution in [2.45, 2.75) is 39.2 Å². The molecule has 1 unspecified atom stereocenters. The molecule has 2 aromatic heterocycles. The minimum absolute atomic E-state index is 0.222. The summed E-state index contributed by atoms with van der Waals surface area (Å²) in [7, 11) is 1.68. The SMILES string of the molecule is COCCCn1nc(C)cc1Nc1nccc(-c2cc(C#N)c3c(c2)C(C)(COC(C)=O)CN3)n1. The van der Waals surface area contributed by atoms with Gasteiger partial charge in [0.2, 0.25) is 5.95 Å². The van der Waals surface area contributed by atoms with Crippen LogP contribution < -0.4 is 10.6 Å². The molecular formula is C25H29N7O3. The van der Waals surface area contributed by atoms with Crippen LogP contribution in [0.1, 0.15) is 37.1 Å². The predicted octanol–water partition coefficient (Wildman–Crippen LogP) is 3.55. The van der Waals surface area contributed by atoms with Crippen LogP contribution in [0, 0.1) is 18.3 Å². The molecule has 1 aromatic carbocycles. The molecule has 10 heteroatoms. The third kappa shape index (κ3) is 5.25. The standard InChI is InChI=1S/C25H29N7O3/c1-16-10-22(32(31-16)8-5-9-34-4)30-24-27-7-6-21(29-24)18-11-19(13-26)23-20(12-18)25(3,14-28-23)15-35-17(2)33/h6-7,10-12,28H,5,8-9,14-15H2,1-4H3,(H,27,29,30). The lowest BCUT2D eigenvalue weighted by atomic mass is 9.83. The van der Waals surface area contributed by atoms with E-state index in [4.69, 9.17) is 14.5 Å². The highest BCUT2D eigenvalue weighted by Crippen LogP contribution is 2.41. The van der Waals surface area contributed by atoms with Gasteiger partial charge in [-0.05, 0) is 37.1 Å². The average molecular weight is 476 g/mol. The number of hydrogen-bond donors (Lipinski definition) is 2. The third-order valence-corrected chi connectivity index (χ3v) is 5.97. The number of benzene rings is 1. The second-order valence-electron chi connectivity index (χ2n) is 8.88. The van der Waals surface area contributed by atoms with Crippen LogP contribution in [0.25, 0.3) is 11.3 Å². The first kappa shape index (κ1) is 24.2. The molecule has 0 spiro atoms. The lowest BCUT2D eigenvalue weighted by molar-refractivity contribution is -0.142. The topological polar surface area (TPSA) is 127 Å². The van der Waals surface area contributed by atoms with Crippen molar-refractivity contribution in [1.82, 2.24) is 19.7 Å². The Bertz CT molecular complexity index is 1280. The average Bonchev–Trinajstić information content (AvgIpc) is 3.37. The summed E-state index contributed by atoms with van der Waals surface area (Å²) in [6.07, 6.45) is 2.51. The molecule has 1 atom stereocenters. The first-order valence-corrected chi connectivity index (χ1v) is 11.4. The Kier molecular flexibility index (Phi) is 6.98. The van der Waals surface area contributed by atoms with Crippen molar-refractivity contribution in [1.29, 1.82) is 5.26 Å². The lowest BCUT2D eigenvalue weighted by Gasteiger charge is -2.24. The van der Waals surface area contributed by atoms with E-state index in [2.05, 4.69) is 26.8 Å². The Hall–Kier alpha value is -3.97. The van der Waals surface area contributed by atoms with Crippen LogP contribution in [0.3, 0.4) is 0 Å². The van der Waals surface area contributed by atoms with Gasteiger partial charge in [-0.25, -0.2) is 14.6 Å². The molecule has 1 aliphatic heterocycles. The van der Waals surface area contributed by atoms with Gasteiger partial charge in [-0.15, -0.1) is 0 Å². The van der Waals surface area contributed by atoms with Crippen LogP contribution in [-0.4, -0.2) is 52.6 Å². The molecule has 2 N–H and O–H groups in total. The van der Waals surface area contributed by atoms with E-state index in [0.717, 1.165) is 34.7 Å². The molecule has 0 saturated heterocycles. The van der Waals surface area contributed by atoms with Crippen LogP contribution in [0.4, 0.5) is 17.5 Å². The first-order valence-electron chi connectivity index (χ1n) is 11.4. The third-order valence-electron chi connectivity index (χ3n) is 5.97. The van der Waals surface area contributed by atoms with Crippen LogP contribution in [0.15, 0.2) is 30.5 Å². The molecule has 3 heterocycles. The second kappa shape index (κ2) is 10.1. The maximum Gasteiger partial charge on any atom is 0.302 e. The van der Waals surface area contributed by atoms with Crippen molar-refractivity contribution in [3.63, 3.8) is 0 Å². The van der Waals surface area contributed by atoms with Crippen molar-refractivity contribution in [2.75, 3.05) is 37.5 Å². The summed E-state index contributed by atoms with van der Waals surface area (Å²) in [5, 5.41) is 20.9. The zero-order valence-electron chi connectivity index (χ0n) is 20.4. The van der Waals surface area contributed by atoms with Gasteiger partial charge in [-0.2, -0.15) is 10.4 Å². The van der Waals surface area contributed by atoms with Gasteiger partial charge in [0.25, 0.3) is 0 Å². The smallest absolute Gasteiger partial charge is 0.302 e. The van der Waals surface area contributed by atoms with E-state index in [1.165, 1.54) is 6.92 Å². The highest BCUT2D eigenvalue weighted by molar-refractivity contribution is 5.76. The Balaban J connectivity index is 1.64. The molecule has 0 radical (unpaired) electrons. The molecule has 1 aliphatic rings. The largest absolute Gasteiger partial charge is 0.465 e. The van der Waals surface area contributed by atoms with Gasteiger partial charge in [-0.3, -0.25) is 4.79 Å². The van der Waals surface area contributed by atoms with Crippen molar-refractivity contribution in [3.05, 3.63) is 47.3 Å². The molecule has 4 rings (SSSR count). The molecule has 3 aromatic rings. The van der Waals surface area contributed by atoms with Crippen LogP contribution >= 0.6 is 0 Å². The molecule has 0 bridgehead atoms. The minimum Gasteiger partial charge on any atom is -0.465 e. The number of rotatable bonds is 9. The lowest BCUT2D eigenvalue weighted by Crippen LogP contribution is -2.31. The number of esters is 1. The fourth-order valence-electron chi connectivity index (χ4n) is 4.18. The number of nitrogens with zero attached hydrogens (tertiary/aromatic N) is 5. The van der Waals surface area contributed by atoms with Crippen LogP contribution in [0.5, 0.6) is 0 Å². The molecule has 0 fully saturated rings. The van der Waals surface area contributed by atoms with Crippen LogP contribution in [-0.2, 0) is 26.2 Å². The zero-order chi connectivity index (χ0) is 25.0. The van der Waals surface area contributed by atoms with Gasteiger partial charge in [-0.1, -0.05) is 6.92 Å². The van der Waals surface area contributed by atoms with Crippen molar-refractivity contribution < 1.29 is 14.3 Å². The molecule has 10 nitrogen and oxygen atoms in total. The number of aromatic nitrogens is 4. The number of methoxy groups -OCH3 is 1. The highest BCUT2D eigenvalue weighted by atomic mass is 16.5. The van der Waals surface area contributed by atoms with E-state index < -0.39 is 5.41 Å². The Labute approximate surface area is 204 Å². The summed E-state index contributed by atoms with van der Waals surface area (Å²) in [6.45, 7) is 7.48. The number of aryl methyl sites for hydroxylation is 2. The Morgan fingerprint density at radius 1 is 1.37 bits per heavy atom. The van der Waals surface area contributed by atoms with E-state index >= 15 is 0 Å². The van der Waals surface area contributed by atoms with Crippen LogP contribution in [0.2, 0.25) is 0 Å². The number of fused-ring (bicyclic) bond motifs is 1. The summed E-state index contributed by atoms with van der Waals surface area (Å²) >= 11 is 0. The summed E-state index contributed by atoms with van der Waals surface area (Å²) in [5.74, 6) is 0.885. The molecular weight excluding hydrogens is 446 g/mol. The van der Waals surface area contributed by atoms with Gasteiger partial charge in [0, 0.05) is 57.0 Å². The normalized spacial score (nSPS) is 16.3. The van der Waals surface area contributed by atoms with E-state index in [9.17, 15) is 10.1 Å². The van der Waals surface area contributed by atoms with Gasteiger partial charge < -0.3 is 20.1 Å². The van der Waals surface area contributed by atoms with E-state index in [1.54, 1.807) is 19.4 Å². The monoisotopic (exact) mass is 475 g/mol. The van der Waals surface area contributed by atoms with E-state index in [-0.39, 0.29) is 12.6 Å². The van der Waals surface area contributed by atoms with Gasteiger partial charge in [0.15, 0.2) is 0 Å². The number of carbonyl (C=O) groups excluding carboxylic acids is 1. The number of hydrogen-bond acceptors (Lipinski definition) is 9. The quantitative estimate of drug-likeness (QED) is 0.353. The number of carbonyl (C=O) groups is 1. The Morgan fingerprint density at radius 2 is 2.20 bits per heavy atom.